The summed E-state index contributed by atoms with van der Waals surface area (Å²) >= 11 is 2.11. The quantitative estimate of drug-likeness (QED) is 0.611. The molecule has 0 fully saturated rings. The van der Waals surface area contributed by atoms with Crippen LogP contribution in [0.5, 0.6) is 5.75 Å². The molecule has 0 unspecified atom stereocenters. The van der Waals surface area contributed by atoms with Crippen molar-refractivity contribution in [2.75, 3.05) is 0 Å². The second-order valence-electron chi connectivity index (χ2n) is 4.68. The minimum Gasteiger partial charge on any atom is -0.507 e. The molecule has 0 aromatic heterocycles. The maximum atomic E-state index is 9.49. The Labute approximate surface area is 127 Å². The molecule has 0 bridgehead atoms. The first-order chi connectivity index (χ1) is 9.08. The fourth-order valence-corrected chi connectivity index (χ4v) is 2.38. The smallest absolute Gasteiger partial charge is 0.128 e. The molecule has 2 aromatic carbocycles. The van der Waals surface area contributed by atoms with Gasteiger partial charge in [0.05, 0.1) is 9.26 Å². The molecule has 0 radical (unpaired) electrons. The lowest BCUT2D eigenvalue weighted by atomic mass is 10.0. The van der Waals surface area contributed by atoms with Crippen LogP contribution in [0.15, 0.2) is 47.5 Å². The summed E-state index contributed by atoms with van der Waals surface area (Å²) in [6, 6.07) is 13.6. The molecule has 0 amide bonds. The number of para-hydroxylation sites is 1. The third-order valence-electron chi connectivity index (χ3n) is 2.88. The van der Waals surface area contributed by atoms with Crippen LogP contribution in [0.3, 0.4) is 0 Å². The van der Waals surface area contributed by atoms with Gasteiger partial charge >= 0.3 is 0 Å². The second kappa shape index (κ2) is 6.19. The zero-order valence-electron chi connectivity index (χ0n) is 11.0. The number of phenolic OH excluding ortho intramolecular Hbond substituents is 1. The highest BCUT2D eigenvalue weighted by Crippen LogP contribution is 2.26. The fraction of sp³-hybridized carbons (Fsp3) is 0.188. The van der Waals surface area contributed by atoms with Gasteiger partial charge in [-0.25, -0.2) is 0 Å². The van der Waals surface area contributed by atoms with Crippen molar-refractivity contribution >= 4 is 34.5 Å². The van der Waals surface area contributed by atoms with E-state index in [1.807, 2.05) is 36.5 Å². The van der Waals surface area contributed by atoms with Crippen molar-refractivity contribution in [2.24, 2.45) is 4.99 Å². The van der Waals surface area contributed by atoms with Crippen molar-refractivity contribution in [3.8, 4) is 5.75 Å². The van der Waals surface area contributed by atoms with E-state index in [1.54, 1.807) is 6.07 Å². The maximum absolute atomic E-state index is 9.49. The van der Waals surface area contributed by atoms with Crippen molar-refractivity contribution in [1.82, 2.24) is 0 Å². The van der Waals surface area contributed by atoms with Crippen LogP contribution in [0.1, 0.15) is 30.9 Å². The van der Waals surface area contributed by atoms with Crippen LogP contribution in [-0.4, -0.2) is 11.3 Å². The standard InChI is InChI=1S/C16H16INO/c1-11(2)13-5-3-4-6-15(13)18-10-12-7-8-16(19)14(17)9-12/h3-11,19H,1-2H3. The molecular weight excluding hydrogens is 349 g/mol. The van der Waals surface area contributed by atoms with E-state index in [4.69, 9.17) is 0 Å². The first-order valence-corrected chi connectivity index (χ1v) is 7.27. The largest absolute Gasteiger partial charge is 0.507 e. The molecule has 0 saturated heterocycles. The lowest BCUT2D eigenvalue weighted by Gasteiger charge is -2.08. The highest BCUT2D eigenvalue weighted by Gasteiger charge is 2.04. The van der Waals surface area contributed by atoms with Gasteiger partial charge in [0.1, 0.15) is 5.75 Å². The monoisotopic (exact) mass is 365 g/mol. The molecule has 0 atom stereocenters. The average Bonchev–Trinajstić information content (AvgIpc) is 2.40. The van der Waals surface area contributed by atoms with E-state index in [0.717, 1.165) is 14.8 Å². The molecule has 19 heavy (non-hydrogen) atoms. The number of nitrogens with zero attached hydrogens (tertiary/aromatic N) is 1. The van der Waals surface area contributed by atoms with E-state index in [-0.39, 0.29) is 0 Å². The highest BCUT2D eigenvalue weighted by atomic mass is 127. The molecule has 1 N–H and O–H groups in total. The predicted molar refractivity (Wildman–Crippen MR) is 88.6 cm³/mol. The van der Waals surface area contributed by atoms with Gasteiger partial charge in [0.15, 0.2) is 0 Å². The van der Waals surface area contributed by atoms with Gasteiger partial charge in [0, 0.05) is 6.21 Å². The van der Waals surface area contributed by atoms with Crippen molar-refractivity contribution in [2.45, 2.75) is 19.8 Å². The summed E-state index contributed by atoms with van der Waals surface area (Å²) in [6.45, 7) is 4.33. The molecule has 3 heteroatoms. The summed E-state index contributed by atoms with van der Waals surface area (Å²) in [5, 5.41) is 9.49. The molecule has 0 saturated carbocycles. The Bertz CT molecular complexity index is 605. The molecule has 2 rings (SSSR count). The van der Waals surface area contributed by atoms with Gasteiger partial charge in [-0.05, 0) is 63.9 Å². The molecule has 2 nitrogen and oxygen atoms in total. The van der Waals surface area contributed by atoms with E-state index >= 15 is 0 Å². The Morgan fingerprint density at radius 2 is 1.89 bits per heavy atom. The summed E-state index contributed by atoms with van der Waals surface area (Å²) in [4.78, 5) is 4.56. The third kappa shape index (κ3) is 3.56. The SMILES string of the molecule is CC(C)c1ccccc1N=Cc1ccc(O)c(I)c1. The van der Waals surface area contributed by atoms with Crippen molar-refractivity contribution in [3.63, 3.8) is 0 Å². The van der Waals surface area contributed by atoms with Gasteiger partial charge in [0.25, 0.3) is 0 Å². The zero-order chi connectivity index (χ0) is 13.8. The van der Waals surface area contributed by atoms with E-state index in [9.17, 15) is 5.11 Å². The number of hydrogen-bond acceptors (Lipinski definition) is 2. The Balaban J connectivity index is 2.30. The number of benzene rings is 2. The van der Waals surface area contributed by atoms with E-state index < -0.39 is 0 Å². The third-order valence-corrected chi connectivity index (χ3v) is 3.75. The van der Waals surface area contributed by atoms with Gasteiger partial charge < -0.3 is 5.11 Å². The lowest BCUT2D eigenvalue weighted by molar-refractivity contribution is 0.471. The minimum atomic E-state index is 0.306. The number of phenols is 1. The summed E-state index contributed by atoms with van der Waals surface area (Å²) < 4.78 is 0.832. The second-order valence-corrected chi connectivity index (χ2v) is 5.84. The predicted octanol–water partition coefficient (Wildman–Crippen LogP) is 4.87. The van der Waals surface area contributed by atoms with Crippen molar-refractivity contribution in [1.29, 1.82) is 0 Å². The zero-order valence-corrected chi connectivity index (χ0v) is 13.1. The minimum absolute atomic E-state index is 0.306. The molecule has 0 aliphatic heterocycles. The topological polar surface area (TPSA) is 32.6 Å². The van der Waals surface area contributed by atoms with Crippen molar-refractivity contribution in [3.05, 3.63) is 57.2 Å². The van der Waals surface area contributed by atoms with Crippen LogP contribution < -0.4 is 0 Å². The van der Waals surface area contributed by atoms with E-state index in [0.29, 0.717) is 11.7 Å². The van der Waals surface area contributed by atoms with Crippen LogP contribution in [0.25, 0.3) is 0 Å². The number of hydrogen-bond donors (Lipinski definition) is 1. The van der Waals surface area contributed by atoms with Gasteiger partial charge in [-0.1, -0.05) is 32.0 Å². The molecule has 0 aliphatic rings. The van der Waals surface area contributed by atoms with E-state index in [2.05, 4.69) is 47.5 Å². The molecule has 2 aromatic rings. The Morgan fingerprint density at radius 1 is 1.16 bits per heavy atom. The number of aromatic hydroxyl groups is 1. The number of aliphatic imine (C=N–C) groups is 1. The van der Waals surface area contributed by atoms with Gasteiger partial charge in [-0.3, -0.25) is 4.99 Å². The summed E-state index contributed by atoms with van der Waals surface area (Å²) in [5.74, 6) is 0.758. The summed E-state index contributed by atoms with van der Waals surface area (Å²) in [7, 11) is 0. The number of halogens is 1. The summed E-state index contributed by atoms with van der Waals surface area (Å²) in [6.07, 6.45) is 1.84. The Kier molecular flexibility index (Phi) is 4.58. The summed E-state index contributed by atoms with van der Waals surface area (Å²) in [5.41, 5.74) is 3.23. The lowest BCUT2D eigenvalue weighted by Crippen LogP contribution is -1.88. The average molecular weight is 365 g/mol. The van der Waals surface area contributed by atoms with E-state index in [1.165, 1.54) is 5.56 Å². The normalized spacial score (nSPS) is 11.4. The van der Waals surface area contributed by atoms with Crippen LogP contribution in [0, 0.1) is 3.57 Å². The highest BCUT2D eigenvalue weighted by molar-refractivity contribution is 14.1. The molecule has 0 aliphatic carbocycles. The van der Waals surface area contributed by atoms with Gasteiger partial charge in [-0.15, -0.1) is 0 Å². The van der Waals surface area contributed by atoms with Crippen molar-refractivity contribution < 1.29 is 5.11 Å². The molecular formula is C16H16INO. The molecule has 0 heterocycles. The molecule has 98 valence electrons. The van der Waals surface area contributed by atoms with Gasteiger partial charge in [0.2, 0.25) is 0 Å². The van der Waals surface area contributed by atoms with Crippen LogP contribution in [0.4, 0.5) is 5.69 Å². The Hall–Kier alpha value is -1.36. The van der Waals surface area contributed by atoms with Crippen LogP contribution >= 0.6 is 22.6 Å². The first-order valence-electron chi connectivity index (χ1n) is 6.19. The maximum Gasteiger partial charge on any atom is 0.128 e. The molecule has 0 spiro atoms. The van der Waals surface area contributed by atoms with Crippen LogP contribution in [-0.2, 0) is 0 Å². The Morgan fingerprint density at radius 3 is 2.58 bits per heavy atom. The fourth-order valence-electron chi connectivity index (χ4n) is 1.84. The number of rotatable bonds is 3. The van der Waals surface area contributed by atoms with Gasteiger partial charge in [-0.2, -0.15) is 0 Å². The first kappa shape index (κ1) is 14.1. The van der Waals surface area contributed by atoms with Crippen LogP contribution in [0.2, 0.25) is 0 Å².